The molecule has 0 saturated heterocycles. The number of rotatable bonds is 1. The van der Waals surface area contributed by atoms with E-state index in [0.717, 1.165) is 22.3 Å². The second kappa shape index (κ2) is 8.48. The summed E-state index contributed by atoms with van der Waals surface area (Å²) in [5.74, 6) is 0. The Bertz CT molecular complexity index is 2270. The van der Waals surface area contributed by atoms with Crippen molar-refractivity contribution in [2.75, 3.05) is 0 Å². The van der Waals surface area contributed by atoms with Crippen molar-refractivity contribution in [3.05, 3.63) is 140 Å². The van der Waals surface area contributed by atoms with Crippen molar-refractivity contribution in [3.63, 3.8) is 0 Å². The highest BCUT2D eigenvalue weighted by atomic mass is 15.0. The molecule has 0 saturated carbocycles. The molecular weight excluding hydrogens is 498 g/mol. The predicted octanol–water partition coefficient (Wildman–Crippen LogP) is 9.71. The van der Waals surface area contributed by atoms with Crippen LogP contribution in [0.4, 0.5) is 0 Å². The van der Waals surface area contributed by atoms with Crippen LogP contribution in [0, 0.1) is 0 Å². The predicted molar refractivity (Wildman–Crippen MR) is 169 cm³/mol. The first-order valence-corrected chi connectivity index (χ1v) is 13.9. The number of hydrogen-bond donors (Lipinski definition) is 0. The summed E-state index contributed by atoms with van der Waals surface area (Å²) in [7, 11) is 0. The van der Waals surface area contributed by atoms with E-state index in [0.29, 0.717) is 0 Å². The van der Waals surface area contributed by atoms with Crippen LogP contribution in [-0.2, 0) is 0 Å². The smallest absolute Gasteiger partial charge is 0.0971 e. The van der Waals surface area contributed by atoms with Crippen LogP contribution in [0.15, 0.2) is 140 Å². The summed E-state index contributed by atoms with van der Waals surface area (Å²) in [6, 6.07) is 46.1. The summed E-state index contributed by atoms with van der Waals surface area (Å²) in [4.78, 5) is 9.51. The van der Waals surface area contributed by atoms with Gasteiger partial charge >= 0.3 is 0 Å². The zero-order valence-corrected chi connectivity index (χ0v) is 22.1. The largest absolute Gasteiger partial charge is 0.309 e. The van der Waals surface area contributed by atoms with E-state index in [1.807, 2.05) is 0 Å². The molecule has 190 valence electrons. The fourth-order valence-corrected chi connectivity index (χ4v) is 6.75. The number of fused-ring (bicyclic) bond motifs is 13. The maximum absolute atomic E-state index is 4.85. The van der Waals surface area contributed by atoms with Gasteiger partial charge in [-0.15, -0.1) is 0 Å². The fourth-order valence-electron chi connectivity index (χ4n) is 6.75. The van der Waals surface area contributed by atoms with E-state index < -0.39 is 0 Å². The quantitative estimate of drug-likeness (QED) is 0.215. The summed E-state index contributed by atoms with van der Waals surface area (Å²) in [6.07, 6.45) is 3.56. The Morgan fingerprint density at radius 2 is 0.951 bits per heavy atom. The van der Waals surface area contributed by atoms with Crippen LogP contribution in [-0.4, -0.2) is 14.5 Å². The Balaban J connectivity index is 1.43. The van der Waals surface area contributed by atoms with E-state index in [1.165, 1.54) is 60.8 Å². The lowest BCUT2D eigenvalue weighted by Crippen LogP contribution is -2.01. The SMILES string of the molecule is c1ccc2c(c1)-c1cc(-n3c4ccccc4c4ccccc43)ccc1-c1ccc3nccnc3c1-c1ccccc1-2. The van der Waals surface area contributed by atoms with Crippen LogP contribution in [0.1, 0.15) is 0 Å². The summed E-state index contributed by atoms with van der Waals surface area (Å²) in [6.45, 7) is 0. The van der Waals surface area contributed by atoms with Gasteiger partial charge < -0.3 is 4.57 Å². The van der Waals surface area contributed by atoms with Crippen LogP contribution >= 0.6 is 0 Å². The Hall–Kier alpha value is -5.54. The van der Waals surface area contributed by atoms with Gasteiger partial charge in [-0.1, -0.05) is 97.1 Å². The van der Waals surface area contributed by atoms with Crippen molar-refractivity contribution in [3.8, 4) is 50.2 Å². The van der Waals surface area contributed by atoms with Crippen LogP contribution in [0.25, 0.3) is 83.0 Å². The summed E-state index contributed by atoms with van der Waals surface area (Å²) in [5.41, 5.74) is 14.9. The molecule has 0 N–H and O–H groups in total. The van der Waals surface area contributed by atoms with Gasteiger partial charge in [-0.3, -0.25) is 9.97 Å². The van der Waals surface area contributed by atoms with Crippen molar-refractivity contribution in [2.45, 2.75) is 0 Å². The summed E-state index contributed by atoms with van der Waals surface area (Å²) < 4.78 is 2.40. The average molecular weight is 522 g/mol. The third kappa shape index (κ3) is 3.14. The van der Waals surface area contributed by atoms with Crippen molar-refractivity contribution < 1.29 is 0 Å². The minimum Gasteiger partial charge on any atom is -0.309 e. The van der Waals surface area contributed by atoms with E-state index in [1.54, 1.807) is 12.4 Å². The highest BCUT2D eigenvalue weighted by Gasteiger charge is 2.24. The fraction of sp³-hybridized carbons (Fsp3) is 0. The van der Waals surface area contributed by atoms with Crippen LogP contribution in [0.5, 0.6) is 0 Å². The molecule has 0 aliphatic heterocycles. The number of nitrogens with zero attached hydrogens (tertiary/aromatic N) is 3. The van der Waals surface area contributed by atoms with Crippen molar-refractivity contribution in [1.82, 2.24) is 14.5 Å². The molecule has 3 nitrogen and oxygen atoms in total. The Morgan fingerprint density at radius 3 is 1.68 bits per heavy atom. The van der Waals surface area contributed by atoms with Gasteiger partial charge in [0, 0.05) is 34.4 Å². The second-order valence-electron chi connectivity index (χ2n) is 10.6. The summed E-state index contributed by atoms with van der Waals surface area (Å²) >= 11 is 0. The first-order chi connectivity index (χ1) is 20.4. The number of hydrogen-bond acceptors (Lipinski definition) is 2. The molecule has 0 bridgehead atoms. The highest BCUT2D eigenvalue weighted by molar-refractivity contribution is 6.11. The van der Waals surface area contributed by atoms with Gasteiger partial charge in [0.05, 0.1) is 22.1 Å². The molecule has 2 heterocycles. The van der Waals surface area contributed by atoms with E-state index in [-0.39, 0.29) is 0 Å². The van der Waals surface area contributed by atoms with Gasteiger partial charge in [-0.2, -0.15) is 0 Å². The minimum absolute atomic E-state index is 0.901. The molecule has 8 aromatic rings. The molecule has 2 aromatic heterocycles. The van der Waals surface area contributed by atoms with Gasteiger partial charge in [0.2, 0.25) is 0 Å². The van der Waals surface area contributed by atoms with Crippen molar-refractivity contribution in [1.29, 1.82) is 0 Å². The van der Waals surface area contributed by atoms with Crippen LogP contribution in [0.3, 0.4) is 0 Å². The van der Waals surface area contributed by atoms with Gasteiger partial charge in [0.1, 0.15) is 0 Å². The number of aromatic nitrogens is 3. The van der Waals surface area contributed by atoms with Crippen molar-refractivity contribution >= 4 is 32.8 Å². The highest BCUT2D eigenvalue weighted by Crippen LogP contribution is 2.49. The monoisotopic (exact) mass is 521 g/mol. The molecule has 0 unspecified atom stereocenters. The maximum atomic E-state index is 4.85. The first-order valence-electron chi connectivity index (χ1n) is 13.9. The van der Waals surface area contributed by atoms with Crippen LogP contribution < -0.4 is 0 Å². The average Bonchev–Trinajstić information content (AvgIpc) is 3.38. The zero-order chi connectivity index (χ0) is 26.9. The van der Waals surface area contributed by atoms with E-state index in [9.17, 15) is 0 Å². The van der Waals surface area contributed by atoms with Gasteiger partial charge in [-0.25, -0.2) is 0 Å². The zero-order valence-electron chi connectivity index (χ0n) is 22.1. The molecule has 9 rings (SSSR count). The molecular formula is C38H23N3. The normalized spacial score (nSPS) is 11.9. The molecule has 1 aliphatic carbocycles. The van der Waals surface area contributed by atoms with E-state index in [4.69, 9.17) is 4.98 Å². The second-order valence-corrected chi connectivity index (χ2v) is 10.6. The molecule has 0 fully saturated rings. The topological polar surface area (TPSA) is 30.7 Å². The molecule has 0 radical (unpaired) electrons. The molecule has 0 atom stereocenters. The summed E-state index contributed by atoms with van der Waals surface area (Å²) in [5, 5.41) is 2.53. The maximum Gasteiger partial charge on any atom is 0.0971 e. The Labute approximate surface area is 237 Å². The standard InChI is InChI=1S/C38H23N3/c1-2-11-27-25(9-1)26-10-3-4-14-31(26)37-32(19-20-34-38(37)40-22-21-39-34)28-18-17-24(23-33(27)28)41-35-15-7-5-12-29(35)30-13-6-8-16-36(30)41/h1-23H. The molecule has 0 spiro atoms. The molecule has 0 amide bonds. The lowest BCUT2D eigenvalue weighted by molar-refractivity contribution is 1.18. The Morgan fingerprint density at radius 1 is 0.415 bits per heavy atom. The van der Waals surface area contributed by atoms with Gasteiger partial charge in [0.25, 0.3) is 0 Å². The van der Waals surface area contributed by atoms with E-state index in [2.05, 4.69) is 137 Å². The molecule has 1 aliphatic rings. The van der Waals surface area contributed by atoms with Gasteiger partial charge in [0.15, 0.2) is 0 Å². The third-order valence-electron chi connectivity index (χ3n) is 8.48. The van der Waals surface area contributed by atoms with Gasteiger partial charge in [-0.05, 0) is 69.3 Å². The number of para-hydroxylation sites is 2. The first kappa shape index (κ1) is 22.3. The third-order valence-corrected chi connectivity index (χ3v) is 8.48. The minimum atomic E-state index is 0.901. The molecule has 3 heteroatoms. The molecule has 6 aromatic carbocycles. The van der Waals surface area contributed by atoms with E-state index >= 15 is 0 Å². The van der Waals surface area contributed by atoms with Crippen molar-refractivity contribution in [2.24, 2.45) is 0 Å². The number of benzene rings is 6. The van der Waals surface area contributed by atoms with Crippen LogP contribution in [0.2, 0.25) is 0 Å². The lowest BCUT2D eigenvalue weighted by atomic mass is 9.80. The molecule has 41 heavy (non-hydrogen) atoms. The Kier molecular flexibility index (Phi) is 4.61. The lowest BCUT2D eigenvalue weighted by Gasteiger charge is -2.24.